The van der Waals surface area contributed by atoms with E-state index in [0.29, 0.717) is 0 Å². The van der Waals surface area contributed by atoms with E-state index in [2.05, 4.69) is 47.6 Å². The van der Waals surface area contributed by atoms with E-state index < -0.39 is 96.9 Å². The van der Waals surface area contributed by atoms with Crippen LogP contribution in [0.2, 0.25) is 0 Å². The number of imidazole rings is 2. The maximum Gasteiger partial charge on any atom is 0.490 e. The van der Waals surface area contributed by atoms with E-state index >= 15 is 0 Å². The summed E-state index contributed by atoms with van der Waals surface area (Å²) in [6, 6.07) is 0. The van der Waals surface area contributed by atoms with Crippen LogP contribution in [0.5, 0.6) is 0 Å². The molecule has 6 heterocycles. The first-order valence-corrected chi connectivity index (χ1v) is 18.0. The molecule has 2 fully saturated rings. The number of ether oxygens (including phenoxy) is 2. The molecule has 0 aliphatic carbocycles. The fourth-order valence-corrected chi connectivity index (χ4v) is 8.47. The fourth-order valence-electron chi connectivity index (χ4n) is 4.95. The fraction of sp³-hybridized carbons (Fsp3) is 0.500. The summed E-state index contributed by atoms with van der Waals surface area (Å²) in [5, 5.41) is 41.7. The van der Waals surface area contributed by atoms with Crippen molar-refractivity contribution in [3.05, 3.63) is 46.0 Å². The molecule has 268 valence electrons. The Morgan fingerprint density at radius 1 is 0.653 bits per heavy atom. The molecule has 4 aromatic rings. The van der Waals surface area contributed by atoms with Gasteiger partial charge in [-0.25, -0.2) is 33.6 Å². The minimum Gasteiger partial charge on any atom is -0.387 e. The van der Waals surface area contributed by atoms with Crippen molar-refractivity contribution < 1.29 is 75.9 Å². The van der Waals surface area contributed by atoms with Crippen LogP contribution < -0.4 is 11.1 Å². The molecule has 0 amide bonds. The number of fused-ring (bicyclic) bond motifs is 2. The first-order valence-electron chi connectivity index (χ1n) is 13.5. The van der Waals surface area contributed by atoms with E-state index in [1.165, 1.54) is 0 Å². The van der Waals surface area contributed by atoms with Crippen molar-refractivity contribution >= 4 is 45.8 Å². The second-order valence-electron chi connectivity index (χ2n) is 10.4. The van der Waals surface area contributed by atoms with Gasteiger partial charge in [0, 0.05) is 0 Å². The van der Waals surface area contributed by atoms with Crippen LogP contribution in [0.1, 0.15) is 12.5 Å². The van der Waals surface area contributed by atoms with Gasteiger partial charge < -0.3 is 54.5 Å². The molecule has 49 heavy (non-hydrogen) atoms. The zero-order chi connectivity index (χ0) is 35.5. The summed E-state index contributed by atoms with van der Waals surface area (Å²) in [6.07, 6.45) is -8.76. The summed E-state index contributed by atoms with van der Waals surface area (Å²) in [6.45, 7) is -2.13. The maximum absolute atomic E-state index is 12.4. The highest BCUT2D eigenvalue weighted by Crippen LogP contribution is 2.67. The van der Waals surface area contributed by atoms with Crippen LogP contribution in [0.4, 0.5) is 0 Å². The summed E-state index contributed by atoms with van der Waals surface area (Å²) in [5.41, 5.74) is -1.57. The average molecular weight is 758 g/mol. The third-order valence-electron chi connectivity index (χ3n) is 7.17. The van der Waals surface area contributed by atoms with Gasteiger partial charge in [0.05, 0.1) is 38.5 Å². The predicted octanol–water partition coefficient (Wildman–Crippen LogP) is -3.14. The van der Waals surface area contributed by atoms with E-state index in [1.807, 2.05) is 0 Å². The smallest absolute Gasteiger partial charge is 0.387 e. The monoisotopic (exact) mass is 758 g/mol. The molecule has 2 aliphatic rings. The van der Waals surface area contributed by atoms with Crippen molar-refractivity contribution in [2.75, 3.05) is 13.2 Å². The summed E-state index contributed by atoms with van der Waals surface area (Å²) in [5.74, 6) is 0. The van der Waals surface area contributed by atoms with Gasteiger partial charge in [-0.1, -0.05) is 0 Å². The number of hydrogen-bond acceptors (Lipinski definition) is 19. The Bertz CT molecular complexity index is 1980. The Morgan fingerprint density at radius 3 is 1.43 bits per heavy atom. The number of rotatable bonds is 12. The van der Waals surface area contributed by atoms with Gasteiger partial charge in [-0.3, -0.25) is 27.8 Å². The van der Waals surface area contributed by atoms with Crippen LogP contribution >= 0.6 is 23.5 Å². The quantitative estimate of drug-likeness (QED) is 0.0644. The summed E-state index contributed by atoms with van der Waals surface area (Å²) < 4.78 is 67.4. The van der Waals surface area contributed by atoms with Crippen molar-refractivity contribution in [1.82, 2.24) is 39.0 Å². The highest BCUT2D eigenvalue weighted by atomic mass is 31.3. The number of aliphatic hydroxyl groups is 4. The highest BCUT2D eigenvalue weighted by Gasteiger charge is 2.49. The zero-order valence-corrected chi connectivity index (χ0v) is 26.7. The molecule has 26 nitrogen and oxygen atoms in total. The molecule has 2 aliphatic heterocycles. The third-order valence-corrected chi connectivity index (χ3v) is 11.4. The van der Waals surface area contributed by atoms with E-state index in [4.69, 9.17) is 9.47 Å². The lowest BCUT2D eigenvalue weighted by molar-refractivity contribution is -0.0510. The van der Waals surface area contributed by atoms with Crippen LogP contribution in [0.3, 0.4) is 0 Å². The largest absolute Gasteiger partial charge is 0.490 e. The van der Waals surface area contributed by atoms with Crippen LogP contribution in [-0.4, -0.2) is 124 Å². The number of aromatic amines is 2. The molecule has 2 saturated heterocycles. The topological polar surface area (TPSA) is 375 Å². The molecular formula is C20H25N8O18P3. The summed E-state index contributed by atoms with van der Waals surface area (Å²) >= 11 is 0. The molecule has 4 aromatic heterocycles. The van der Waals surface area contributed by atoms with Crippen LogP contribution in [0.25, 0.3) is 22.3 Å². The number of nitrogens with one attached hydrogen (secondary N) is 2. The van der Waals surface area contributed by atoms with Gasteiger partial charge in [0.2, 0.25) is 0 Å². The second-order valence-corrected chi connectivity index (χ2v) is 15.0. The Morgan fingerprint density at radius 2 is 1.04 bits per heavy atom. The predicted molar refractivity (Wildman–Crippen MR) is 152 cm³/mol. The standard InChI is InChI=1S/C20H25N8O18P3/c29-11-7(43-19(13(11)31)27-5-25-9-15(27)21-3-23-17(9)33)1-41-47(35,36)45-49(39,40)46-48(37,38)42-2-8-12(30)14(32)20(44-8)28-6-26-10-16(28)22-4-24-18(10)34/h3-8,11-14,19-20,29-32H,1-2H2,(H,35,36)(H,37,38)(H,39,40)(H,21,23,33)(H,22,24,34)/t7-,8-,11-,12-,13-,14-,19-,20-/m1/s1. The van der Waals surface area contributed by atoms with Gasteiger partial charge in [0.25, 0.3) is 11.1 Å². The van der Waals surface area contributed by atoms with Gasteiger partial charge in [0.1, 0.15) is 36.6 Å². The molecule has 10 atom stereocenters. The van der Waals surface area contributed by atoms with E-state index in [-0.39, 0.29) is 22.3 Å². The molecule has 0 aromatic carbocycles. The van der Waals surface area contributed by atoms with Crippen molar-refractivity contribution in [3.63, 3.8) is 0 Å². The van der Waals surface area contributed by atoms with E-state index in [1.54, 1.807) is 0 Å². The molecule has 9 N–H and O–H groups in total. The molecular weight excluding hydrogens is 733 g/mol. The van der Waals surface area contributed by atoms with Gasteiger partial charge in [-0.2, -0.15) is 8.62 Å². The first kappa shape index (κ1) is 35.7. The number of aliphatic hydroxyl groups excluding tert-OH is 4. The zero-order valence-electron chi connectivity index (χ0n) is 24.0. The van der Waals surface area contributed by atoms with Crippen LogP contribution in [-0.2, 0) is 40.8 Å². The third kappa shape index (κ3) is 7.22. The molecule has 0 radical (unpaired) electrons. The molecule has 0 spiro atoms. The number of H-pyrrole nitrogens is 2. The lowest BCUT2D eigenvalue weighted by Gasteiger charge is -2.21. The van der Waals surface area contributed by atoms with E-state index in [0.717, 1.165) is 34.4 Å². The van der Waals surface area contributed by atoms with Gasteiger partial charge in [0.15, 0.2) is 34.8 Å². The van der Waals surface area contributed by atoms with Crippen molar-refractivity contribution in [2.24, 2.45) is 0 Å². The Hall–Kier alpha value is -3.13. The Balaban J connectivity index is 1.03. The number of nitrogens with zero attached hydrogens (tertiary/aromatic N) is 6. The first-order chi connectivity index (χ1) is 23.0. The minimum absolute atomic E-state index is 0.0429. The molecule has 29 heteroatoms. The normalized spacial score (nSPS) is 31.2. The average Bonchev–Trinajstić information content (AvgIpc) is 3.77. The van der Waals surface area contributed by atoms with Crippen molar-refractivity contribution in [2.45, 2.75) is 49.1 Å². The number of hydrogen-bond donors (Lipinski definition) is 9. The molecule has 0 saturated carbocycles. The lowest BCUT2D eigenvalue weighted by atomic mass is 10.1. The van der Waals surface area contributed by atoms with Crippen LogP contribution in [0.15, 0.2) is 34.9 Å². The number of phosphoric ester groups is 2. The molecule has 2 unspecified atom stereocenters. The second kappa shape index (κ2) is 13.2. The summed E-state index contributed by atoms with van der Waals surface area (Å²) in [7, 11) is -17.3. The van der Waals surface area contributed by atoms with E-state index in [9.17, 15) is 58.4 Å². The Labute approximate surface area is 269 Å². The molecule has 6 rings (SSSR count). The van der Waals surface area contributed by atoms with Crippen molar-refractivity contribution in [3.8, 4) is 0 Å². The number of aromatic nitrogens is 8. The lowest BCUT2D eigenvalue weighted by Crippen LogP contribution is -2.33. The summed E-state index contributed by atoms with van der Waals surface area (Å²) in [4.78, 5) is 73.7. The number of phosphoric acid groups is 3. The SMILES string of the molecule is O=c1[nH]cnc2c1ncn2[C@@H]1O[C@H](COP(=O)(O)OP(=O)(O)OP(=O)(O)OC[C@H]2O[C@@H](n3cnc4c(=O)[nH]cnc43)[C@H](O)[C@@H]2O)[C@@H](O)[C@H]1O. The molecule has 0 bridgehead atoms. The van der Waals surface area contributed by atoms with Gasteiger partial charge >= 0.3 is 23.5 Å². The Kier molecular flexibility index (Phi) is 9.62. The van der Waals surface area contributed by atoms with Gasteiger partial charge in [-0.15, -0.1) is 0 Å². The highest BCUT2D eigenvalue weighted by molar-refractivity contribution is 7.66. The van der Waals surface area contributed by atoms with Gasteiger partial charge in [-0.05, 0) is 0 Å². The maximum atomic E-state index is 12.4. The van der Waals surface area contributed by atoms with Crippen LogP contribution in [0, 0.1) is 0 Å². The minimum atomic E-state index is -5.97. The van der Waals surface area contributed by atoms with Crippen molar-refractivity contribution in [1.29, 1.82) is 0 Å².